The number of aromatic nitrogens is 3. The second-order valence-electron chi connectivity index (χ2n) is 7.94. The van der Waals surface area contributed by atoms with E-state index in [-0.39, 0.29) is 5.91 Å². The Bertz CT molecular complexity index is 1040. The maximum Gasteiger partial charge on any atom is 0.234 e. The van der Waals surface area contributed by atoms with Gasteiger partial charge >= 0.3 is 0 Å². The van der Waals surface area contributed by atoms with Gasteiger partial charge in [-0.1, -0.05) is 13.3 Å². The second-order valence-corrected chi connectivity index (χ2v) is 7.94. The predicted octanol–water partition coefficient (Wildman–Crippen LogP) is 3.20. The van der Waals surface area contributed by atoms with Gasteiger partial charge in [-0.25, -0.2) is 9.97 Å². The molecule has 3 aromatic rings. The number of nitrogens with one attached hydrogen (secondary N) is 1. The third-order valence-electron chi connectivity index (χ3n) is 5.13. The average molecular weight is 437 g/mol. The van der Waals surface area contributed by atoms with Crippen molar-refractivity contribution in [2.75, 3.05) is 39.0 Å². The number of hydrogen-bond donors (Lipinski definition) is 2. The number of amides is 1. The number of hydrogen-bond acceptors (Lipinski definition) is 7. The highest BCUT2D eigenvalue weighted by Crippen LogP contribution is 2.36. The number of pyridine rings is 1. The lowest BCUT2D eigenvalue weighted by Gasteiger charge is -2.16. The summed E-state index contributed by atoms with van der Waals surface area (Å²) in [6, 6.07) is 5.76. The van der Waals surface area contributed by atoms with E-state index in [4.69, 9.17) is 10.5 Å². The summed E-state index contributed by atoms with van der Waals surface area (Å²) in [5.74, 6) is 1.43. The van der Waals surface area contributed by atoms with Crippen molar-refractivity contribution in [3.05, 3.63) is 42.6 Å². The number of likely N-dealkylation sites (N-methyl/N-ethyl adjacent to an activating group) is 1. The molecule has 2 heterocycles. The van der Waals surface area contributed by atoms with E-state index >= 15 is 0 Å². The van der Waals surface area contributed by atoms with Crippen molar-refractivity contribution in [1.29, 1.82) is 0 Å². The first-order valence-electron chi connectivity index (χ1n) is 11.0. The van der Waals surface area contributed by atoms with Crippen LogP contribution in [0, 0.1) is 6.92 Å². The zero-order valence-corrected chi connectivity index (χ0v) is 19.1. The molecule has 3 rings (SSSR count). The number of carbonyl (C=O) groups is 1. The lowest BCUT2D eigenvalue weighted by atomic mass is 10.0. The van der Waals surface area contributed by atoms with Crippen molar-refractivity contribution in [1.82, 2.24) is 25.2 Å². The Labute approximate surface area is 189 Å². The van der Waals surface area contributed by atoms with Crippen LogP contribution >= 0.6 is 0 Å². The van der Waals surface area contributed by atoms with Crippen molar-refractivity contribution >= 4 is 22.5 Å². The monoisotopic (exact) mass is 436 g/mol. The van der Waals surface area contributed by atoms with Gasteiger partial charge in [0.05, 0.1) is 30.6 Å². The van der Waals surface area contributed by atoms with E-state index in [0.29, 0.717) is 43.4 Å². The van der Waals surface area contributed by atoms with Gasteiger partial charge in [-0.15, -0.1) is 0 Å². The second kappa shape index (κ2) is 11.4. The average Bonchev–Trinajstić information content (AvgIpc) is 2.78. The summed E-state index contributed by atoms with van der Waals surface area (Å²) in [5, 5.41) is 3.80. The molecule has 0 saturated heterocycles. The first-order chi connectivity index (χ1) is 15.5. The number of nitrogens with two attached hydrogens (primary N) is 1. The highest BCUT2D eigenvalue weighted by atomic mass is 16.5. The van der Waals surface area contributed by atoms with Crippen molar-refractivity contribution in [3.8, 4) is 16.9 Å². The molecular formula is C24H32N6O2. The molecule has 0 atom stereocenters. The van der Waals surface area contributed by atoms with E-state index in [2.05, 4.69) is 27.2 Å². The Morgan fingerprint density at radius 3 is 2.69 bits per heavy atom. The number of ether oxygens (including phenoxy) is 1. The number of anilines is 1. The van der Waals surface area contributed by atoms with Crippen molar-refractivity contribution < 1.29 is 9.53 Å². The molecule has 1 aromatic carbocycles. The van der Waals surface area contributed by atoms with Crippen LogP contribution in [0.5, 0.6) is 5.75 Å². The molecule has 0 saturated carbocycles. The van der Waals surface area contributed by atoms with Crippen LogP contribution in [0.15, 0.2) is 36.8 Å². The molecular weight excluding hydrogens is 404 g/mol. The molecule has 8 nitrogen and oxygen atoms in total. The standard InChI is InChI=1S/C24H32N6O2/c1-4-5-10-30(3)16-23(31)26-9-6-11-32-24-20(18-13-27-17(2)28-14-18)7-8-22-21(24)12-19(25)15-29-22/h7-8,12-15H,4-6,9-11,16,25H2,1-3H3,(H,26,31). The van der Waals surface area contributed by atoms with E-state index < -0.39 is 0 Å². The number of rotatable bonds is 11. The molecule has 0 aliphatic heterocycles. The molecule has 0 spiro atoms. The van der Waals surface area contributed by atoms with Crippen molar-refractivity contribution in [2.24, 2.45) is 0 Å². The Morgan fingerprint density at radius 2 is 1.94 bits per heavy atom. The van der Waals surface area contributed by atoms with E-state index in [0.717, 1.165) is 41.4 Å². The fraction of sp³-hybridized carbons (Fsp3) is 0.417. The maximum absolute atomic E-state index is 12.1. The third kappa shape index (κ3) is 6.37. The van der Waals surface area contributed by atoms with E-state index in [9.17, 15) is 4.79 Å². The topological polar surface area (TPSA) is 106 Å². The van der Waals surface area contributed by atoms with Gasteiger partial charge in [0.1, 0.15) is 11.6 Å². The summed E-state index contributed by atoms with van der Waals surface area (Å²) >= 11 is 0. The van der Waals surface area contributed by atoms with Crippen LogP contribution in [0.25, 0.3) is 22.0 Å². The Morgan fingerprint density at radius 1 is 1.16 bits per heavy atom. The van der Waals surface area contributed by atoms with Crippen LogP contribution < -0.4 is 15.8 Å². The van der Waals surface area contributed by atoms with Crippen LogP contribution in [0.1, 0.15) is 32.0 Å². The fourth-order valence-electron chi connectivity index (χ4n) is 3.39. The number of unbranched alkanes of at least 4 members (excludes halogenated alkanes) is 1. The molecule has 0 aliphatic rings. The zero-order valence-electron chi connectivity index (χ0n) is 19.1. The van der Waals surface area contributed by atoms with Crippen LogP contribution in [0.3, 0.4) is 0 Å². The molecule has 0 fully saturated rings. The fourth-order valence-corrected chi connectivity index (χ4v) is 3.39. The normalized spacial score (nSPS) is 11.1. The number of nitrogen functional groups attached to an aromatic ring is 1. The van der Waals surface area contributed by atoms with Gasteiger partial charge in [-0.05, 0) is 51.6 Å². The van der Waals surface area contributed by atoms with Gasteiger partial charge in [0, 0.05) is 35.5 Å². The first-order valence-corrected chi connectivity index (χ1v) is 11.0. The minimum atomic E-state index is 0.0308. The van der Waals surface area contributed by atoms with E-state index in [1.807, 2.05) is 37.1 Å². The van der Waals surface area contributed by atoms with Gasteiger partial charge < -0.3 is 15.8 Å². The summed E-state index contributed by atoms with van der Waals surface area (Å²) in [5.41, 5.74) is 9.10. The van der Waals surface area contributed by atoms with Gasteiger partial charge in [-0.3, -0.25) is 14.7 Å². The van der Waals surface area contributed by atoms with Crippen LogP contribution in [-0.2, 0) is 4.79 Å². The van der Waals surface area contributed by atoms with Gasteiger partial charge in [0.15, 0.2) is 0 Å². The van der Waals surface area contributed by atoms with Crippen LogP contribution in [-0.4, -0.2) is 59.0 Å². The largest absolute Gasteiger partial charge is 0.492 e. The molecule has 2 aromatic heterocycles. The number of carbonyl (C=O) groups excluding carboxylic acids is 1. The lowest BCUT2D eigenvalue weighted by Crippen LogP contribution is -2.36. The Kier molecular flexibility index (Phi) is 8.33. The highest BCUT2D eigenvalue weighted by molar-refractivity contribution is 5.94. The molecule has 0 aliphatic carbocycles. The minimum absolute atomic E-state index is 0.0308. The van der Waals surface area contributed by atoms with Gasteiger partial charge in [-0.2, -0.15) is 0 Å². The first kappa shape index (κ1) is 23.4. The van der Waals surface area contributed by atoms with Crippen LogP contribution in [0.2, 0.25) is 0 Å². The number of fused-ring (bicyclic) bond motifs is 1. The predicted molar refractivity (Wildman–Crippen MR) is 127 cm³/mol. The molecule has 170 valence electrons. The molecule has 0 bridgehead atoms. The third-order valence-corrected chi connectivity index (χ3v) is 5.13. The summed E-state index contributed by atoms with van der Waals surface area (Å²) in [7, 11) is 1.97. The quantitative estimate of drug-likeness (QED) is 0.445. The number of benzene rings is 1. The smallest absolute Gasteiger partial charge is 0.234 e. The summed E-state index contributed by atoms with van der Waals surface area (Å²) in [6.45, 7) is 6.32. The molecule has 3 N–H and O–H groups in total. The Hall–Kier alpha value is -3.26. The lowest BCUT2D eigenvalue weighted by molar-refractivity contribution is -0.121. The van der Waals surface area contributed by atoms with E-state index in [1.54, 1.807) is 18.6 Å². The number of nitrogens with zero attached hydrogens (tertiary/aromatic N) is 4. The molecule has 1 amide bonds. The summed E-state index contributed by atoms with van der Waals surface area (Å²) in [6.07, 6.45) is 8.09. The Balaban J connectivity index is 1.65. The summed E-state index contributed by atoms with van der Waals surface area (Å²) in [4.78, 5) is 27.2. The maximum atomic E-state index is 12.1. The molecule has 8 heteroatoms. The highest BCUT2D eigenvalue weighted by Gasteiger charge is 2.13. The molecule has 32 heavy (non-hydrogen) atoms. The van der Waals surface area contributed by atoms with Gasteiger partial charge in [0.25, 0.3) is 0 Å². The van der Waals surface area contributed by atoms with Crippen molar-refractivity contribution in [3.63, 3.8) is 0 Å². The van der Waals surface area contributed by atoms with Gasteiger partial charge in [0.2, 0.25) is 5.91 Å². The van der Waals surface area contributed by atoms with Crippen molar-refractivity contribution in [2.45, 2.75) is 33.1 Å². The molecule has 0 radical (unpaired) electrons. The van der Waals surface area contributed by atoms with Crippen LogP contribution in [0.4, 0.5) is 5.69 Å². The summed E-state index contributed by atoms with van der Waals surface area (Å²) < 4.78 is 6.19. The SMILES string of the molecule is CCCCN(C)CC(=O)NCCCOc1c(-c2cnc(C)nc2)ccc2ncc(N)cc12. The zero-order chi connectivity index (χ0) is 22.9. The van der Waals surface area contributed by atoms with E-state index in [1.165, 1.54) is 0 Å². The minimum Gasteiger partial charge on any atom is -0.492 e. The number of aryl methyl sites for hydroxylation is 1. The molecule has 0 unspecified atom stereocenters.